The Morgan fingerprint density at radius 2 is 2.14 bits per heavy atom. The Labute approximate surface area is 93.3 Å². The molecule has 1 aromatic rings. The number of halogens is 1. The van der Waals surface area contributed by atoms with E-state index in [2.05, 4.69) is 35.0 Å². The van der Waals surface area contributed by atoms with Gasteiger partial charge in [-0.3, -0.25) is 0 Å². The first-order valence-electron chi connectivity index (χ1n) is 5.12. The molecule has 1 aromatic carbocycles. The Balaban J connectivity index is 2.22. The van der Waals surface area contributed by atoms with E-state index in [9.17, 15) is 5.11 Å². The second-order valence-electron chi connectivity index (χ2n) is 4.16. The van der Waals surface area contributed by atoms with Gasteiger partial charge in [0.05, 0.1) is 6.10 Å². The zero-order valence-corrected chi connectivity index (χ0v) is 9.92. The minimum Gasteiger partial charge on any atom is -0.388 e. The molecule has 2 rings (SSSR count). The van der Waals surface area contributed by atoms with Crippen LogP contribution in [-0.2, 0) is 0 Å². The van der Waals surface area contributed by atoms with Gasteiger partial charge in [-0.15, -0.1) is 0 Å². The molecular formula is C12H15BrO. The minimum atomic E-state index is -0.279. The molecule has 14 heavy (non-hydrogen) atoms. The van der Waals surface area contributed by atoms with Crippen molar-refractivity contribution in [3.8, 4) is 0 Å². The molecule has 1 saturated carbocycles. The van der Waals surface area contributed by atoms with Gasteiger partial charge >= 0.3 is 0 Å². The van der Waals surface area contributed by atoms with E-state index in [4.69, 9.17) is 0 Å². The highest BCUT2D eigenvalue weighted by Crippen LogP contribution is 2.39. The van der Waals surface area contributed by atoms with E-state index in [1.54, 1.807) is 0 Å². The molecule has 1 fully saturated rings. The Morgan fingerprint density at radius 3 is 2.64 bits per heavy atom. The fraction of sp³-hybridized carbons (Fsp3) is 0.500. The summed E-state index contributed by atoms with van der Waals surface area (Å²) in [5, 5.41) is 10.1. The predicted octanol–water partition coefficient (Wildman–Crippen LogP) is 3.59. The molecule has 0 aliphatic heterocycles. The van der Waals surface area contributed by atoms with Gasteiger partial charge in [0.1, 0.15) is 0 Å². The lowest BCUT2D eigenvalue weighted by atomic mass is 9.79. The first-order chi connectivity index (χ1) is 6.68. The molecule has 2 heteroatoms. The van der Waals surface area contributed by atoms with Crippen LogP contribution in [-0.4, -0.2) is 5.11 Å². The van der Waals surface area contributed by atoms with E-state index in [0.29, 0.717) is 5.92 Å². The van der Waals surface area contributed by atoms with Crippen molar-refractivity contribution in [3.63, 3.8) is 0 Å². The van der Waals surface area contributed by atoms with Crippen molar-refractivity contribution >= 4 is 15.9 Å². The maximum absolute atomic E-state index is 10.1. The third-order valence-corrected chi connectivity index (χ3v) is 3.76. The van der Waals surface area contributed by atoms with E-state index in [-0.39, 0.29) is 6.10 Å². The third kappa shape index (κ3) is 1.86. The van der Waals surface area contributed by atoms with Gasteiger partial charge in [0.25, 0.3) is 0 Å². The van der Waals surface area contributed by atoms with Gasteiger partial charge < -0.3 is 5.11 Å². The zero-order valence-electron chi connectivity index (χ0n) is 8.33. The molecule has 76 valence electrons. The molecule has 1 atom stereocenters. The van der Waals surface area contributed by atoms with Crippen molar-refractivity contribution in [2.24, 2.45) is 5.92 Å². The highest BCUT2D eigenvalue weighted by molar-refractivity contribution is 9.10. The summed E-state index contributed by atoms with van der Waals surface area (Å²) >= 11 is 3.51. The van der Waals surface area contributed by atoms with Crippen LogP contribution in [0.5, 0.6) is 0 Å². The molecule has 0 radical (unpaired) electrons. The summed E-state index contributed by atoms with van der Waals surface area (Å²) < 4.78 is 1.04. The van der Waals surface area contributed by atoms with Crippen molar-refractivity contribution in [2.45, 2.75) is 32.3 Å². The average molecular weight is 255 g/mol. The molecule has 0 aromatic heterocycles. The van der Waals surface area contributed by atoms with Gasteiger partial charge in [-0.1, -0.05) is 34.5 Å². The summed E-state index contributed by atoms with van der Waals surface area (Å²) in [5.74, 6) is 0.481. The van der Waals surface area contributed by atoms with Gasteiger partial charge in [-0.25, -0.2) is 0 Å². The fourth-order valence-corrected chi connectivity index (χ4v) is 2.61. The summed E-state index contributed by atoms with van der Waals surface area (Å²) in [6, 6.07) is 6.15. The molecule has 1 nitrogen and oxygen atoms in total. The number of hydrogen-bond acceptors (Lipinski definition) is 1. The molecule has 0 heterocycles. The van der Waals surface area contributed by atoms with Gasteiger partial charge in [-0.05, 0) is 42.9 Å². The molecule has 0 spiro atoms. The van der Waals surface area contributed by atoms with Crippen LogP contribution in [0.15, 0.2) is 22.7 Å². The van der Waals surface area contributed by atoms with Crippen molar-refractivity contribution in [2.75, 3.05) is 0 Å². The smallest absolute Gasteiger partial charge is 0.0829 e. The van der Waals surface area contributed by atoms with Gasteiger partial charge in [0, 0.05) is 4.47 Å². The normalized spacial score (nSPS) is 19.1. The third-order valence-electron chi connectivity index (χ3n) is 3.07. The quantitative estimate of drug-likeness (QED) is 0.856. The number of benzene rings is 1. The topological polar surface area (TPSA) is 20.2 Å². The fourth-order valence-electron chi connectivity index (χ4n) is 1.88. The predicted molar refractivity (Wildman–Crippen MR) is 61.2 cm³/mol. The van der Waals surface area contributed by atoms with Gasteiger partial charge in [0.15, 0.2) is 0 Å². The first kappa shape index (κ1) is 10.2. The molecule has 1 N–H and O–H groups in total. The minimum absolute atomic E-state index is 0.279. The largest absolute Gasteiger partial charge is 0.388 e. The zero-order chi connectivity index (χ0) is 10.1. The van der Waals surface area contributed by atoms with Crippen molar-refractivity contribution in [1.29, 1.82) is 0 Å². The maximum Gasteiger partial charge on any atom is 0.0829 e. The number of hydrogen-bond donors (Lipinski definition) is 1. The highest BCUT2D eigenvalue weighted by atomic mass is 79.9. The lowest BCUT2D eigenvalue weighted by molar-refractivity contribution is 0.0615. The lowest BCUT2D eigenvalue weighted by Crippen LogP contribution is -2.20. The number of aryl methyl sites for hydroxylation is 1. The second kappa shape index (κ2) is 4.03. The van der Waals surface area contributed by atoms with E-state index in [1.807, 2.05) is 6.07 Å². The van der Waals surface area contributed by atoms with Crippen molar-refractivity contribution in [1.82, 2.24) is 0 Å². The number of aliphatic hydroxyl groups excluding tert-OH is 1. The molecule has 1 aliphatic carbocycles. The Morgan fingerprint density at radius 1 is 1.43 bits per heavy atom. The highest BCUT2D eigenvalue weighted by Gasteiger charge is 2.27. The second-order valence-corrected chi connectivity index (χ2v) is 5.02. The maximum atomic E-state index is 10.1. The molecule has 0 amide bonds. The van der Waals surface area contributed by atoms with Crippen molar-refractivity contribution < 1.29 is 5.11 Å². The standard InChI is InChI=1S/C12H15BrO/c1-8-5-6-10(11(13)7-8)12(14)9-3-2-4-9/h5-7,9,12,14H,2-4H2,1H3. The summed E-state index contributed by atoms with van der Waals surface area (Å²) in [7, 11) is 0. The summed E-state index contributed by atoms with van der Waals surface area (Å²) in [5.41, 5.74) is 2.27. The Kier molecular flexibility index (Phi) is 2.93. The van der Waals surface area contributed by atoms with Crippen LogP contribution in [0.4, 0.5) is 0 Å². The monoisotopic (exact) mass is 254 g/mol. The van der Waals surface area contributed by atoms with E-state index in [1.165, 1.54) is 24.8 Å². The van der Waals surface area contributed by atoms with Gasteiger partial charge in [-0.2, -0.15) is 0 Å². The van der Waals surface area contributed by atoms with Crippen molar-refractivity contribution in [3.05, 3.63) is 33.8 Å². The summed E-state index contributed by atoms with van der Waals surface area (Å²) in [6.07, 6.45) is 3.33. The molecule has 0 bridgehead atoms. The van der Waals surface area contributed by atoms with E-state index < -0.39 is 0 Å². The van der Waals surface area contributed by atoms with Crippen LogP contribution >= 0.6 is 15.9 Å². The van der Waals surface area contributed by atoms with Gasteiger partial charge in [0.2, 0.25) is 0 Å². The number of rotatable bonds is 2. The Bertz CT molecular complexity index is 331. The van der Waals surface area contributed by atoms with Crippen LogP contribution in [0.2, 0.25) is 0 Å². The molecule has 1 aliphatic rings. The average Bonchev–Trinajstić information content (AvgIpc) is 2.00. The molecule has 1 unspecified atom stereocenters. The lowest BCUT2D eigenvalue weighted by Gasteiger charge is -2.31. The van der Waals surface area contributed by atoms with Crippen LogP contribution in [0.25, 0.3) is 0 Å². The number of aliphatic hydroxyl groups is 1. The van der Waals surface area contributed by atoms with Crippen LogP contribution in [0.1, 0.15) is 36.5 Å². The van der Waals surface area contributed by atoms with Crippen LogP contribution in [0.3, 0.4) is 0 Å². The Hall–Kier alpha value is -0.340. The van der Waals surface area contributed by atoms with E-state index in [0.717, 1.165) is 10.0 Å². The van der Waals surface area contributed by atoms with Crippen LogP contribution in [0, 0.1) is 12.8 Å². The molecule has 0 saturated heterocycles. The van der Waals surface area contributed by atoms with E-state index >= 15 is 0 Å². The SMILES string of the molecule is Cc1ccc(C(O)C2CCC2)c(Br)c1. The first-order valence-corrected chi connectivity index (χ1v) is 5.92. The summed E-state index contributed by atoms with van der Waals surface area (Å²) in [6.45, 7) is 2.06. The summed E-state index contributed by atoms with van der Waals surface area (Å²) in [4.78, 5) is 0. The molecular weight excluding hydrogens is 240 g/mol. The van der Waals surface area contributed by atoms with Crippen LogP contribution < -0.4 is 0 Å².